The highest BCUT2D eigenvalue weighted by Gasteiger charge is 2.20. The molecule has 3 aromatic rings. The van der Waals surface area contributed by atoms with Gasteiger partial charge in [-0.2, -0.15) is 4.98 Å². The van der Waals surface area contributed by atoms with Gasteiger partial charge in [-0.1, -0.05) is 16.8 Å². The van der Waals surface area contributed by atoms with Crippen molar-refractivity contribution in [2.45, 2.75) is 19.7 Å². The maximum absolute atomic E-state index is 9.08. The van der Waals surface area contributed by atoms with Crippen LogP contribution in [-0.2, 0) is 19.7 Å². The molecule has 4 rings (SSSR count). The summed E-state index contributed by atoms with van der Waals surface area (Å²) >= 11 is 5.91. The van der Waals surface area contributed by atoms with Crippen molar-refractivity contribution in [1.29, 1.82) is 0 Å². The second-order valence-corrected chi connectivity index (χ2v) is 7.03. The topological polar surface area (TPSA) is 78.8 Å². The summed E-state index contributed by atoms with van der Waals surface area (Å²) in [5.74, 6) is 2.69. The maximum atomic E-state index is 9.08. The van der Waals surface area contributed by atoms with Crippen LogP contribution in [0.2, 0.25) is 5.02 Å². The molecule has 0 bridgehead atoms. The maximum Gasteiger partial charge on any atom is 0.241 e. The molecule has 142 valence electrons. The van der Waals surface area contributed by atoms with Crippen LogP contribution in [0.1, 0.15) is 17.4 Å². The summed E-state index contributed by atoms with van der Waals surface area (Å²) in [6, 6.07) is 11.1. The van der Waals surface area contributed by atoms with E-state index in [9.17, 15) is 0 Å². The van der Waals surface area contributed by atoms with Crippen molar-refractivity contribution in [2.24, 2.45) is 0 Å². The minimum absolute atomic E-state index is 0.0596. The van der Waals surface area contributed by atoms with Gasteiger partial charge in [-0.25, -0.2) is 0 Å². The molecular weight excluding hydrogens is 368 g/mol. The first-order valence-electron chi connectivity index (χ1n) is 8.91. The van der Waals surface area contributed by atoms with E-state index < -0.39 is 0 Å². The zero-order valence-electron chi connectivity index (χ0n) is 14.8. The zero-order chi connectivity index (χ0) is 18.6. The van der Waals surface area contributed by atoms with Crippen LogP contribution in [0.25, 0.3) is 11.4 Å². The molecule has 0 aliphatic carbocycles. The molecule has 1 fully saturated rings. The van der Waals surface area contributed by atoms with Crippen LogP contribution in [0.5, 0.6) is 0 Å². The van der Waals surface area contributed by atoms with Gasteiger partial charge < -0.3 is 14.0 Å². The van der Waals surface area contributed by atoms with E-state index in [0.717, 1.165) is 44.0 Å². The van der Waals surface area contributed by atoms with E-state index in [1.165, 1.54) is 0 Å². The fourth-order valence-electron chi connectivity index (χ4n) is 3.14. The van der Waals surface area contributed by atoms with Gasteiger partial charge in [0.15, 0.2) is 0 Å². The van der Waals surface area contributed by atoms with Crippen molar-refractivity contribution in [2.75, 3.05) is 26.2 Å². The minimum Gasteiger partial charge on any atom is -0.462 e. The number of halogens is 1. The van der Waals surface area contributed by atoms with Crippen LogP contribution in [0.4, 0.5) is 0 Å². The van der Waals surface area contributed by atoms with Crippen LogP contribution in [0, 0.1) is 0 Å². The number of aliphatic hydroxyl groups is 1. The summed E-state index contributed by atoms with van der Waals surface area (Å²) in [5.41, 5.74) is 0.889. The molecule has 8 heteroatoms. The molecule has 1 aromatic carbocycles. The molecule has 3 heterocycles. The van der Waals surface area contributed by atoms with Crippen molar-refractivity contribution in [3.05, 3.63) is 58.8 Å². The Morgan fingerprint density at radius 2 is 1.59 bits per heavy atom. The van der Waals surface area contributed by atoms with Crippen LogP contribution < -0.4 is 0 Å². The third kappa shape index (κ3) is 4.56. The van der Waals surface area contributed by atoms with Crippen molar-refractivity contribution in [3.63, 3.8) is 0 Å². The Morgan fingerprint density at radius 1 is 0.926 bits per heavy atom. The smallest absolute Gasteiger partial charge is 0.241 e. The number of hydrogen-bond donors (Lipinski definition) is 1. The predicted molar refractivity (Wildman–Crippen MR) is 99.9 cm³/mol. The summed E-state index contributed by atoms with van der Waals surface area (Å²) in [4.78, 5) is 9.13. The quantitative estimate of drug-likeness (QED) is 0.695. The lowest BCUT2D eigenvalue weighted by molar-refractivity contribution is 0.106. The lowest BCUT2D eigenvalue weighted by Crippen LogP contribution is -2.45. The molecule has 0 saturated carbocycles. The first-order valence-corrected chi connectivity index (χ1v) is 9.29. The van der Waals surface area contributed by atoms with Gasteiger partial charge in [0.05, 0.1) is 13.1 Å². The first-order chi connectivity index (χ1) is 13.2. The molecule has 1 N–H and O–H groups in total. The zero-order valence-corrected chi connectivity index (χ0v) is 15.6. The molecule has 0 amide bonds. The van der Waals surface area contributed by atoms with Crippen LogP contribution in [0.15, 0.2) is 45.3 Å². The summed E-state index contributed by atoms with van der Waals surface area (Å²) in [7, 11) is 0. The first kappa shape index (κ1) is 18.2. The minimum atomic E-state index is -0.0596. The average Bonchev–Trinajstić information content (AvgIpc) is 3.33. The normalized spacial score (nSPS) is 16.1. The molecule has 0 atom stereocenters. The van der Waals surface area contributed by atoms with Crippen molar-refractivity contribution < 1.29 is 14.0 Å². The number of furan rings is 1. The molecule has 7 nitrogen and oxygen atoms in total. The summed E-state index contributed by atoms with van der Waals surface area (Å²) in [6.07, 6.45) is 0. The number of aliphatic hydroxyl groups excluding tert-OH is 1. The molecule has 0 spiro atoms. The van der Waals surface area contributed by atoms with E-state index in [2.05, 4.69) is 19.9 Å². The largest absolute Gasteiger partial charge is 0.462 e. The highest BCUT2D eigenvalue weighted by molar-refractivity contribution is 6.30. The third-order valence-corrected chi connectivity index (χ3v) is 4.90. The number of aromatic nitrogens is 2. The fraction of sp³-hybridized carbons (Fsp3) is 0.368. The number of rotatable bonds is 6. The Balaban J connectivity index is 1.28. The van der Waals surface area contributed by atoms with E-state index in [1.54, 1.807) is 0 Å². The van der Waals surface area contributed by atoms with E-state index in [0.29, 0.717) is 29.0 Å². The summed E-state index contributed by atoms with van der Waals surface area (Å²) in [6.45, 7) is 5.06. The highest BCUT2D eigenvalue weighted by atomic mass is 35.5. The molecule has 1 saturated heterocycles. The molecule has 1 aliphatic rings. The van der Waals surface area contributed by atoms with E-state index >= 15 is 0 Å². The Bertz CT molecular complexity index is 869. The van der Waals surface area contributed by atoms with Crippen molar-refractivity contribution in [3.8, 4) is 11.4 Å². The standard InChI is InChI=1S/C19H21ClN4O3/c20-15-3-1-14(2-4-15)19-21-18(27-22-19)12-24-9-7-23(8-10-24)11-16-5-6-17(13-25)26-16/h1-6,25H,7-13H2. The fourth-order valence-corrected chi connectivity index (χ4v) is 3.27. The van der Waals surface area contributed by atoms with Gasteiger partial charge in [-0.15, -0.1) is 0 Å². The van der Waals surface area contributed by atoms with Gasteiger partial charge in [0, 0.05) is 36.8 Å². The van der Waals surface area contributed by atoms with Crippen LogP contribution in [0.3, 0.4) is 0 Å². The molecule has 0 unspecified atom stereocenters. The molecule has 1 aliphatic heterocycles. The highest BCUT2D eigenvalue weighted by Crippen LogP contribution is 2.19. The molecule has 0 radical (unpaired) electrons. The van der Waals surface area contributed by atoms with Gasteiger partial charge in [0.2, 0.25) is 11.7 Å². The average molecular weight is 389 g/mol. The monoisotopic (exact) mass is 388 g/mol. The van der Waals surface area contributed by atoms with E-state index in [1.807, 2.05) is 36.4 Å². The van der Waals surface area contributed by atoms with Crippen molar-refractivity contribution in [1.82, 2.24) is 19.9 Å². The van der Waals surface area contributed by atoms with Gasteiger partial charge in [0.25, 0.3) is 0 Å². The lowest BCUT2D eigenvalue weighted by Gasteiger charge is -2.33. The Morgan fingerprint density at radius 3 is 2.26 bits per heavy atom. The summed E-state index contributed by atoms with van der Waals surface area (Å²) in [5, 5.41) is 13.8. The second kappa shape index (κ2) is 8.22. The Labute approximate surface area is 162 Å². The molecule has 27 heavy (non-hydrogen) atoms. The number of nitrogens with zero attached hydrogens (tertiary/aromatic N) is 4. The SMILES string of the molecule is OCc1ccc(CN2CCN(Cc3nc(-c4ccc(Cl)cc4)no3)CC2)o1. The van der Waals surface area contributed by atoms with Crippen LogP contribution >= 0.6 is 11.6 Å². The number of piperazine rings is 1. The van der Waals surface area contributed by atoms with Crippen LogP contribution in [-0.4, -0.2) is 51.2 Å². The number of hydrogen-bond acceptors (Lipinski definition) is 7. The molecular formula is C19H21ClN4O3. The van der Waals surface area contributed by atoms with E-state index in [4.69, 9.17) is 25.6 Å². The van der Waals surface area contributed by atoms with Gasteiger partial charge in [-0.3, -0.25) is 9.80 Å². The van der Waals surface area contributed by atoms with Gasteiger partial charge in [-0.05, 0) is 36.4 Å². The second-order valence-electron chi connectivity index (χ2n) is 6.60. The lowest BCUT2D eigenvalue weighted by atomic mass is 10.2. The Hall–Kier alpha value is -2.19. The van der Waals surface area contributed by atoms with Crippen molar-refractivity contribution >= 4 is 11.6 Å². The summed E-state index contributed by atoms with van der Waals surface area (Å²) < 4.78 is 11.0. The predicted octanol–water partition coefficient (Wildman–Crippen LogP) is 2.79. The van der Waals surface area contributed by atoms with E-state index in [-0.39, 0.29) is 6.61 Å². The number of benzene rings is 1. The molecule has 2 aromatic heterocycles. The van der Waals surface area contributed by atoms with Gasteiger partial charge >= 0.3 is 0 Å². The Kier molecular flexibility index (Phi) is 5.54. The van der Waals surface area contributed by atoms with Gasteiger partial charge in [0.1, 0.15) is 18.1 Å². The third-order valence-electron chi connectivity index (χ3n) is 4.65.